The maximum Gasteiger partial charge on any atom is 0.255 e. The summed E-state index contributed by atoms with van der Waals surface area (Å²) in [4.78, 5) is 14.7. The number of nitrogens with zero attached hydrogens (tertiary/aromatic N) is 2. The van der Waals surface area contributed by atoms with Gasteiger partial charge in [0.05, 0.1) is 17.1 Å². The lowest BCUT2D eigenvalue weighted by atomic mass is 10.1. The van der Waals surface area contributed by atoms with Gasteiger partial charge >= 0.3 is 0 Å². The minimum atomic E-state index is -0.103. The predicted molar refractivity (Wildman–Crippen MR) is 103 cm³/mol. The molecule has 3 rings (SSSR count). The first kappa shape index (κ1) is 18.2. The van der Waals surface area contributed by atoms with E-state index in [0.29, 0.717) is 41.0 Å². The van der Waals surface area contributed by atoms with E-state index in [2.05, 4.69) is 19.0 Å². The van der Waals surface area contributed by atoms with Gasteiger partial charge in [-0.2, -0.15) is 0 Å². The third kappa shape index (κ3) is 4.33. The van der Waals surface area contributed by atoms with Gasteiger partial charge in [0.25, 0.3) is 5.91 Å². The van der Waals surface area contributed by atoms with Gasteiger partial charge in [-0.1, -0.05) is 73.1 Å². The number of aromatic nitrogens is 1. The van der Waals surface area contributed by atoms with Gasteiger partial charge in [0.1, 0.15) is 5.69 Å². The van der Waals surface area contributed by atoms with Crippen molar-refractivity contribution in [3.63, 3.8) is 0 Å². The van der Waals surface area contributed by atoms with Crippen molar-refractivity contribution in [2.75, 3.05) is 6.54 Å². The number of carbonyl (C=O) groups is 1. The van der Waals surface area contributed by atoms with E-state index in [4.69, 9.17) is 16.1 Å². The molecule has 134 valence electrons. The molecular weight excluding hydrogens is 348 g/mol. The predicted octanol–water partition coefficient (Wildman–Crippen LogP) is 5.29. The molecule has 0 saturated carbocycles. The Morgan fingerprint density at radius 1 is 1.12 bits per heavy atom. The van der Waals surface area contributed by atoms with Crippen LogP contribution in [0, 0.1) is 5.92 Å². The van der Waals surface area contributed by atoms with Crippen molar-refractivity contribution < 1.29 is 9.32 Å². The first-order valence-electron chi connectivity index (χ1n) is 8.59. The Morgan fingerprint density at radius 2 is 1.81 bits per heavy atom. The van der Waals surface area contributed by atoms with Crippen molar-refractivity contribution in [3.05, 3.63) is 76.9 Å². The minimum absolute atomic E-state index is 0.103. The molecule has 0 spiro atoms. The maximum atomic E-state index is 13.0. The van der Waals surface area contributed by atoms with Crippen molar-refractivity contribution in [3.8, 4) is 11.3 Å². The van der Waals surface area contributed by atoms with Crippen LogP contribution < -0.4 is 0 Å². The average molecular weight is 369 g/mol. The second-order valence-electron chi connectivity index (χ2n) is 6.61. The summed E-state index contributed by atoms with van der Waals surface area (Å²) < 4.78 is 5.45. The van der Waals surface area contributed by atoms with E-state index in [9.17, 15) is 4.79 Å². The summed E-state index contributed by atoms with van der Waals surface area (Å²) in [6, 6.07) is 18.8. The van der Waals surface area contributed by atoms with E-state index in [1.54, 1.807) is 17.0 Å². The van der Waals surface area contributed by atoms with Crippen LogP contribution in [0.5, 0.6) is 0 Å². The zero-order chi connectivity index (χ0) is 18.5. The minimum Gasteiger partial charge on any atom is -0.356 e. The molecule has 3 aromatic rings. The zero-order valence-electron chi connectivity index (χ0n) is 14.9. The summed E-state index contributed by atoms with van der Waals surface area (Å²) >= 11 is 6.21. The number of halogens is 1. The molecule has 4 nitrogen and oxygen atoms in total. The number of amides is 1. The third-order valence-electron chi connectivity index (χ3n) is 3.95. The van der Waals surface area contributed by atoms with Crippen LogP contribution in [-0.4, -0.2) is 22.5 Å². The van der Waals surface area contributed by atoms with Crippen LogP contribution in [0.2, 0.25) is 5.02 Å². The molecule has 1 aromatic heterocycles. The van der Waals surface area contributed by atoms with Crippen molar-refractivity contribution in [2.24, 2.45) is 5.92 Å². The highest BCUT2D eigenvalue weighted by atomic mass is 35.5. The molecule has 0 radical (unpaired) electrons. The number of rotatable bonds is 6. The van der Waals surface area contributed by atoms with Gasteiger partial charge < -0.3 is 9.42 Å². The standard InChI is InChI=1S/C21H21ClN2O2/c1-15(2)13-24(21(25)18-10-6-7-11-19(18)22)14-17-12-20(26-23-17)16-8-4-3-5-9-16/h3-12,15H,13-14H2,1-2H3. The Balaban J connectivity index is 1.82. The lowest BCUT2D eigenvalue weighted by Gasteiger charge is -2.24. The normalized spacial score (nSPS) is 10.9. The van der Waals surface area contributed by atoms with Crippen LogP contribution in [0.3, 0.4) is 0 Å². The highest BCUT2D eigenvalue weighted by molar-refractivity contribution is 6.33. The fourth-order valence-electron chi connectivity index (χ4n) is 2.79. The van der Waals surface area contributed by atoms with Gasteiger partial charge in [0.2, 0.25) is 0 Å². The Hall–Kier alpha value is -2.59. The van der Waals surface area contributed by atoms with E-state index < -0.39 is 0 Å². The fourth-order valence-corrected chi connectivity index (χ4v) is 3.00. The molecule has 0 saturated heterocycles. The number of hydrogen-bond donors (Lipinski definition) is 0. The number of hydrogen-bond acceptors (Lipinski definition) is 3. The zero-order valence-corrected chi connectivity index (χ0v) is 15.6. The van der Waals surface area contributed by atoms with Gasteiger partial charge in [-0.25, -0.2) is 0 Å². The van der Waals surface area contributed by atoms with Gasteiger partial charge in [-0.05, 0) is 18.1 Å². The van der Waals surface area contributed by atoms with E-state index >= 15 is 0 Å². The van der Waals surface area contributed by atoms with E-state index in [-0.39, 0.29) is 5.91 Å². The smallest absolute Gasteiger partial charge is 0.255 e. The summed E-state index contributed by atoms with van der Waals surface area (Å²) in [5.74, 6) is 0.908. The Kier molecular flexibility index (Phi) is 5.74. The molecule has 1 amide bonds. The van der Waals surface area contributed by atoms with Gasteiger partial charge in [-0.3, -0.25) is 4.79 Å². The molecule has 0 aliphatic heterocycles. The van der Waals surface area contributed by atoms with Crippen LogP contribution in [0.1, 0.15) is 29.9 Å². The van der Waals surface area contributed by atoms with Crippen molar-refractivity contribution in [1.82, 2.24) is 10.1 Å². The van der Waals surface area contributed by atoms with E-state index in [0.717, 1.165) is 5.56 Å². The van der Waals surface area contributed by atoms with Crippen LogP contribution in [0.4, 0.5) is 0 Å². The largest absolute Gasteiger partial charge is 0.356 e. The molecule has 0 bridgehead atoms. The Morgan fingerprint density at radius 3 is 2.50 bits per heavy atom. The molecule has 5 heteroatoms. The quantitative estimate of drug-likeness (QED) is 0.593. The monoisotopic (exact) mass is 368 g/mol. The van der Waals surface area contributed by atoms with Crippen LogP contribution in [-0.2, 0) is 6.54 Å². The lowest BCUT2D eigenvalue weighted by molar-refractivity contribution is 0.0719. The molecule has 0 aliphatic carbocycles. The maximum absolute atomic E-state index is 13.0. The SMILES string of the molecule is CC(C)CN(Cc1cc(-c2ccccc2)on1)C(=O)c1ccccc1Cl. The topological polar surface area (TPSA) is 46.3 Å². The van der Waals surface area contributed by atoms with Crippen molar-refractivity contribution in [2.45, 2.75) is 20.4 Å². The number of carbonyl (C=O) groups excluding carboxylic acids is 1. The fraction of sp³-hybridized carbons (Fsp3) is 0.238. The molecule has 26 heavy (non-hydrogen) atoms. The summed E-state index contributed by atoms with van der Waals surface area (Å²) in [6.07, 6.45) is 0. The van der Waals surface area contributed by atoms with Crippen LogP contribution >= 0.6 is 11.6 Å². The summed E-state index contributed by atoms with van der Waals surface area (Å²) in [5, 5.41) is 4.59. The van der Waals surface area contributed by atoms with Gasteiger partial charge in [0.15, 0.2) is 5.76 Å². The molecular formula is C21H21ClN2O2. The first-order valence-corrected chi connectivity index (χ1v) is 8.97. The van der Waals surface area contributed by atoms with Crippen molar-refractivity contribution in [1.29, 1.82) is 0 Å². The molecule has 0 N–H and O–H groups in total. The summed E-state index contributed by atoms with van der Waals surface area (Å²) in [5.41, 5.74) is 2.17. The Bertz CT molecular complexity index is 874. The molecule has 0 aliphatic rings. The molecule has 2 aromatic carbocycles. The molecule has 1 heterocycles. The molecule has 0 atom stereocenters. The number of benzene rings is 2. The van der Waals surface area contributed by atoms with Crippen molar-refractivity contribution >= 4 is 17.5 Å². The van der Waals surface area contributed by atoms with Gasteiger partial charge in [0, 0.05) is 18.2 Å². The lowest BCUT2D eigenvalue weighted by Crippen LogP contribution is -2.34. The van der Waals surface area contributed by atoms with E-state index in [1.165, 1.54) is 0 Å². The summed E-state index contributed by atoms with van der Waals surface area (Å²) in [7, 11) is 0. The summed E-state index contributed by atoms with van der Waals surface area (Å²) in [6.45, 7) is 5.13. The highest BCUT2D eigenvalue weighted by Crippen LogP contribution is 2.22. The van der Waals surface area contributed by atoms with E-state index in [1.807, 2.05) is 48.5 Å². The van der Waals surface area contributed by atoms with Gasteiger partial charge in [-0.15, -0.1) is 0 Å². The van der Waals surface area contributed by atoms with Crippen LogP contribution in [0.25, 0.3) is 11.3 Å². The average Bonchev–Trinajstić information content (AvgIpc) is 3.10. The first-order chi connectivity index (χ1) is 12.5. The third-order valence-corrected chi connectivity index (χ3v) is 4.28. The molecule has 0 fully saturated rings. The second kappa shape index (κ2) is 8.19. The Labute approximate surface area is 158 Å². The van der Waals surface area contributed by atoms with Crippen LogP contribution in [0.15, 0.2) is 65.2 Å². The highest BCUT2D eigenvalue weighted by Gasteiger charge is 2.21. The molecule has 0 unspecified atom stereocenters. The second-order valence-corrected chi connectivity index (χ2v) is 7.02.